The Kier molecular flexibility index (Phi) is 3.83. The van der Waals surface area contributed by atoms with Gasteiger partial charge in [-0.25, -0.2) is 4.98 Å². The Bertz CT molecular complexity index is 532. The molecule has 2 unspecified atom stereocenters. The van der Waals surface area contributed by atoms with E-state index in [0.29, 0.717) is 12.0 Å². The van der Waals surface area contributed by atoms with Crippen LogP contribution in [0.1, 0.15) is 30.6 Å². The molecule has 3 rings (SSSR count). The molecular weight excluding hydrogens is 248 g/mol. The molecule has 1 aliphatic heterocycles. The van der Waals surface area contributed by atoms with Gasteiger partial charge >= 0.3 is 0 Å². The summed E-state index contributed by atoms with van der Waals surface area (Å²) in [6.07, 6.45) is 9.07. The van der Waals surface area contributed by atoms with Crippen LogP contribution >= 0.6 is 0 Å². The Morgan fingerprint density at radius 1 is 1.35 bits per heavy atom. The number of hydrogen-bond acceptors (Lipinski definition) is 3. The first kappa shape index (κ1) is 13.3. The van der Waals surface area contributed by atoms with Gasteiger partial charge in [0.15, 0.2) is 0 Å². The number of piperidine rings is 1. The molecule has 1 saturated heterocycles. The minimum absolute atomic E-state index is 0.525. The van der Waals surface area contributed by atoms with Crippen molar-refractivity contribution in [3.63, 3.8) is 0 Å². The summed E-state index contributed by atoms with van der Waals surface area (Å²) in [6, 6.07) is 4.80. The van der Waals surface area contributed by atoms with E-state index in [4.69, 9.17) is 0 Å². The van der Waals surface area contributed by atoms with E-state index in [1.165, 1.54) is 12.0 Å². The van der Waals surface area contributed by atoms with Gasteiger partial charge in [0.2, 0.25) is 0 Å². The van der Waals surface area contributed by atoms with Crippen molar-refractivity contribution in [2.75, 3.05) is 13.1 Å². The molecule has 20 heavy (non-hydrogen) atoms. The molecule has 106 valence electrons. The standard InChI is InChI=1S/C16H22N4/c1-13-3-4-15(18-9-13)10-19-7-5-14(2)16(11-19)20-8-6-17-12-20/h3-4,6,8-9,12,14,16H,5,7,10-11H2,1-2H3. The molecule has 0 bridgehead atoms. The fraction of sp³-hybridized carbons (Fsp3) is 0.500. The van der Waals surface area contributed by atoms with Crippen LogP contribution in [0.2, 0.25) is 0 Å². The zero-order valence-corrected chi connectivity index (χ0v) is 12.2. The van der Waals surface area contributed by atoms with Gasteiger partial charge in [0.05, 0.1) is 12.0 Å². The van der Waals surface area contributed by atoms with E-state index in [2.05, 4.69) is 51.6 Å². The third-order valence-electron chi connectivity index (χ3n) is 4.27. The van der Waals surface area contributed by atoms with E-state index in [9.17, 15) is 0 Å². The topological polar surface area (TPSA) is 34.0 Å². The van der Waals surface area contributed by atoms with Crippen LogP contribution in [0, 0.1) is 12.8 Å². The number of pyridine rings is 1. The average molecular weight is 270 g/mol. The van der Waals surface area contributed by atoms with E-state index in [1.807, 2.05) is 18.7 Å². The van der Waals surface area contributed by atoms with E-state index in [1.54, 1.807) is 0 Å². The van der Waals surface area contributed by atoms with Crippen molar-refractivity contribution in [3.05, 3.63) is 48.3 Å². The smallest absolute Gasteiger partial charge is 0.0949 e. The van der Waals surface area contributed by atoms with E-state index in [-0.39, 0.29) is 0 Å². The predicted octanol–water partition coefficient (Wildman–Crippen LogP) is 2.67. The summed E-state index contributed by atoms with van der Waals surface area (Å²) >= 11 is 0. The van der Waals surface area contributed by atoms with Gasteiger partial charge in [-0.15, -0.1) is 0 Å². The minimum atomic E-state index is 0.525. The lowest BCUT2D eigenvalue weighted by Gasteiger charge is -2.37. The van der Waals surface area contributed by atoms with Crippen molar-refractivity contribution in [2.45, 2.75) is 32.9 Å². The Balaban J connectivity index is 1.68. The summed E-state index contributed by atoms with van der Waals surface area (Å²) in [5, 5.41) is 0. The summed E-state index contributed by atoms with van der Waals surface area (Å²) in [6.45, 7) is 7.59. The first-order valence-electron chi connectivity index (χ1n) is 7.33. The van der Waals surface area contributed by atoms with Gasteiger partial charge in [-0.05, 0) is 37.4 Å². The van der Waals surface area contributed by atoms with Crippen LogP contribution in [-0.2, 0) is 6.54 Å². The molecule has 0 saturated carbocycles. The number of nitrogens with zero attached hydrogens (tertiary/aromatic N) is 4. The van der Waals surface area contributed by atoms with Crippen LogP contribution in [0.3, 0.4) is 0 Å². The van der Waals surface area contributed by atoms with E-state index >= 15 is 0 Å². The number of likely N-dealkylation sites (tertiary alicyclic amines) is 1. The second kappa shape index (κ2) is 5.75. The Hall–Kier alpha value is -1.68. The molecule has 4 nitrogen and oxygen atoms in total. The molecule has 1 aliphatic rings. The number of aromatic nitrogens is 3. The van der Waals surface area contributed by atoms with Crippen LogP contribution in [0.5, 0.6) is 0 Å². The Morgan fingerprint density at radius 2 is 2.25 bits per heavy atom. The predicted molar refractivity (Wildman–Crippen MR) is 79.3 cm³/mol. The van der Waals surface area contributed by atoms with Gasteiger partial charge in [0.25, 0.3) is 0 Å². The lowest BCUT2D eigenvalue weighted by Crippen LogP contribution is -2.40. The van der Waals surface area contributed by atoms with Crippen molar-refractivity contribution in [2.24, 2.45) is 5.92 Å². The molecule has 0 aromatic carbocycles. The van der Waals surface area contributed by atoms with Crippen LogP contribution in [0.25, 0.3) is 0 Å². The summed E-state index contributed by atoms with van der Waals surface area (Å²) in [5.41, 5.74) is 2.38. The highest BCUT2D eigenvalue weighted by Gasteiger charge is 2.27. The van der Waals surface area contributed by atoms with Gasteiger partial charge in [-0.3, -0.25) is 9.88 Å². The molecule has 1 fully saturated rings. The summed E-state index contributed by atoms with van der Waals surface area (Å²) < 4.78 is 2.25. The quantitative estimate of drug-likeness (QED) is 0.860. The molecule has 0 radical (unpaired) electrons. The number of imidazole rings is 1. The van der Waals surface area contributed by atoms with Crippen LogP contribution in [0.15, 0.2) is 37.1 Å². The minimum Gasteiger partial charge on any atom is -0.333 e. The zero-order valence-electron chi connectivity index (χ0n) is 12.2. The van der Waals surface area contributed by atoms with Crippen LogP contribution < -0.4 is 0 Å². The van der Waals surface area contributed by atoms with Crippen LogP contribution in [-0.4, -0.2) is 32.5 Å². The fourth-order valence-electron chi connectivity index (χ4n) is 2.93. The number of rotatable bonds is 3. The lowest BCUT2D eigenvalue weighted by atomic mass is 9.93. The van der Waals surface area contributed by atoms with E-state index in [0.717, 1.165) is 25.3 Å². The maximum Gasteiger partial charge on any atom is 0.0949 e. The van der Waals surface area contributed by atoms with Crippen molar-refractivity contribution < 1.29 is 0 Å². The molecule has 2 aromatic rings. The molecule has 0 aliphatic carbocycles. The summed E-state index contributed by atoms with van der Waals surface area (Å²) in [4.78, 5) is 11.2. The second-order valence-electron chi connectivity index (χ2n) is 5.91. The summed E-state index contributed by atoms with van der Waals surface area (Å²) in [5.74, 6) is 0.700. The molecule has 3 heterocycles. The van der Waals surface area contributed by atoms with E-state index < -0.39 is 0 Å². The highest BCUT2D eigenvalue weighted by Crippen LogP contribution is 2.27. The van der Waals surface area contributed by atoms with Crippen LogP contribution in [0.4, 0.5) is 0 Å². The van der Waals surface area contributed by atoms with Crippen molar-refractivity contribution >= 4 is 0 Å². The molecule has 0 N–H and O–H groups in total. The first-order chi connectivity index (χ1) is 9.72. The van der Waals surface area contributed by atoms with Crippen molar-refractivity contribution in [1.82, 2.24) is 19.4 Å². The largest absolute Gasteiger partial charge is 0.333 e. The van der Waals surface area contributed by atoms with Gasteiger partial charge < -0.3 is 4.57 Å². The second-order valence-corrected chi connectivity index (χ2v) is 5.91. The average Bonchev–Trinajstić information content (AvgIpc) is 2.97. The molecule has 4 heteroatoms. The Morgan fingerprint density at radius 3 is 2.95 bits per heavy atom. The molecule has 0 spiro atoms. The zero-order chi connectivity index (χ0) is 13.9. The van der Waals surface area contributed by atoms with Gasteiger partial charge in [0.1, 0.15) is 0 Å². The maximum absolute atomic E-state index is 4.52. The number of hydrogen-bond donors (Lipinski definition) is 0. The lowest BCUT2D eigenvalue weighted by molar-refractivity contribution is 0.125. The molecule has 0 amide bonds. The molecule has 2 atom stereocenters. The summed E-state index contributed by atoms with van der Waals surface area (Å²) in [7, 11) is 0. The van der Waals surface area contributed by atoms with Crippen molar-refractivity contribution in [1.29, 1.82) is 0 Å². The molecule has 2 aromatic heterocycles. The maximum atomic E-state index is 4.52. The third kappa shape index (κ3) is 2.90. The molecular formula is C16H22N4. The van der Waals surface area contributed by atoms with Crippen molar-refractivity contribution in [3.8, 4) is 0 Å². The highest BCUT2D eigenvalue weighted by molar-refractivity contribution is 5.12. The number of aryl methyl sites for hydroxylation is 1. The monoisotopic (exact) mass is 270 g/mol. The fourth-order valence-corrected chi connectivity index (χ4v) is 2.93. The van der Waals surface area contributed by atoms with Gasteiger partial charge in [-0.1, -0.05) is 13.0 Å². The SMILES string of the molecule is Cc1ccc(CN2CCC(C)C(n3ccnc3)C2)nc1. The Labute approximate surface area is 120 Å². The first-order valence-corrected chi connectivity index (χ1v) is 7.33. The highest BCUT2D eigenvalue weighted by atomic mass is 15.2. The third-order valence-corrected chi connectivity index (χ3v) is 4.27. The van der Waals surface area contributed by atoms with Gasteiger partial charge in [-0.2, -0.15) is 0 Å². The normalized spacial score (nSPS) is 23.9. The van der Waals surface area contributed by atoms with Gasteiger partial charge in [0, 0.05) is 37.7 Å².